The van der Waals surface area contributed by atoms with Crippen LogP contribution < -0.4 is 5.73 Å². The Morgan fingerprint density at radius 2 is 2.11 bits per heavy atom. The Kier molecular flexibility index (Phi) is 3.25. The fourth-order valence-electron chi connectivity index (χ4n) is 2.92. The molecule has 2 unspecified atom stereocenters. The molecule has 1 aliphatic rings. The number of benzene rings is 1. The zero-order valence-electron chi connectivity index (χ0n) is 11.3. The van der Waals surface area contributed by atoms with Gasteiger partial charge in [0.25, 0.3) is 0 Å². The average Bonchev–Trinajstić information content (AvgIpc) is 2.47. The van der Waals surface area contributed by atoms with Crippen LogP contribution in [0.1, 0.15) is 37.8 Å². The number of aromatic nitrogens is 1. The summed E-state index contributed by atoms with van der Waals surface area (Å²) in [5.74, 6) is 0. The number of rotatable bonds is 2. The van der Waals surface area contributed by atoms with Gasteiger partial charge in [0, 0.05) is 24.4 Å². The first-order valence-electron chi connectivity index (χ1n) is 6.93. The molecular weight excluding hydrogens is 236 g/mol. The molecule has 1 aromatic carbocycles. The van der Waals surface area contributed by atoms with E-state index in [0.29, 0.717) is 0 Å². The van der Waals surface area contributed by atoms with Gasteiger partial charge in [-0.15, -0.1) is 0 Å². The molecule has 0 saturated carbocycles. The molecule has 3 rings (SSSR count). The number of nitrogens with two attached hydrogens (primary N) is 1. The van der Waals surface area contributed by atoms with E-state index in [4.69, 9.17) is 10.5 Å². The maximum Gasteiger partial charge on any atom is 0.0847 e. The van der Waals surface area contributed by atoms with Crippen molar-refractivity contribution in [1.82, 2.24) is 4.98 Å². The van der Waals surface area contributed by atoms with Crippen molar-refractivity contribution in [3.8, 4) is 0 Å². The van der Waals surface area contributed by atoms with E-state index in [1.165, 1.54) is 11.8 Å². The van der Waals surface area contributed by atoms with Gasteiger partial charge in [0.2, 0.25) is 0 Å². The van der Waals surface area contributed by atoms with Gasteiger partial charge in [-0.2, -0.15) is 0 Å². The number of pyridine rings is 1. The zero-order valence-corrected chi connectivity index (χ0v) is 11.3. The van der Waals surface area contributed by atoms with Crippen molar-refractivity contribution in [2.45, 2.75) is 37.8 Å². The van der Waals surface area contributed by atoms with E-state index in [1.807, 2.05) is 24.5 Å². The molecular formula is C16H20N2O. The van der Waals surface area contributed by atoms with E-state index < -0.39 is 0 Å². The summed E-state index contributed by atoms with van der Waals surface area (Å²) < 4.78 is 5.98. The molecule has 2 N–H and O–H groups in total. The molecule has 2 atom stereocenters. The Balaban J connectivity index is 2.03. The molecule has 0 amide bonds. The molecule has 19 heavy (non-hydrogen) atoms. The molecule has 0 aliphatic carbocycles. The molecule has 2 aromatic rings. The Morgan fingerprint density at radius 1 is 1.26 bits per heavy atom. The molecule has 2 heterocycles. The molecule has 100 valence electrons. The summed E-state index contributed by atoms with van der Waals surface area (Å²) >= 11 is 0. The summed E-state index contributed by atoms with van der Waals surface area (Å²) in [6.45, 7) is 2.93. The first kappa shape index (κ1) is 12.6. The third kappa shape index (κ3) is 2.24. The van der Waals surface area contributed by atoms with Crippen molar-refractivity contribution in [2.75, 3.05) is 6.61 Å². The van der Waals surface area contributed by atoms with Crippen LogP contribution in [-0.4, -0.2) is 17.2 Å². The minimum absolute atomic E-state index is 0.133. The van der Waals surface area contributed by atoms with Crippen LogP contribution in [0.4, 0.5) is 0 Å². The topological polar surface area (TPSA) is 48.1 Å². The molecule has 3 heteroatoms. The van der Waals surface area contributed by atoms with Crippen LogP contribution in [0.2, 0.25) is 0 Å². The second kappa shape index (κ2) is 4.91. The summed E-state index contributed by atoms with van der Waals surface area (Å²) in [5, 5.41) is 2.32. The molecule has 0 bridgehead atoms. The van der Waals surface area contributed by atoms with Crippen molar-refractivity contribution in [3.05, 3.63) is 42.2 Å². The van der Waals surface area contributed by atoms with E-state index in [2.05, 4.69) is 24.0 Å². The van der Waals surface area contributed by atoms with Gasteiger partial charge in [0.15, 0.2) is 0 Å². The second-order valence-corrected chi connectivity index (χ2v) is 5.55. The minimum Gasteiger partial charge on any atom is -0.373 e. The second-order valence-electron chi connectivity index (χ2n) is 5.55. The number of hydrogen-bond donors (Lipinski definition) is 1. The zero-order chi connectivity index (χ0) is 13.3. The normalized spacial score (nSPS) is 25.4. The Bertz CT molecular complexity index is 570. The highest BCUT2D eigenvalue weighted by molar-refractivity contribution is 5.85. The van der Waals surface area contributed by atoms with Gasteiger partial charge in [-0.1, -0.05) is 24.3 Å². The first-order chi connectivity index (χ1) is 9.21. The van der Waals surface area contributed by atoms with Crippen LogP contribution in [0, 0.1) is 0 Å². The maximum atomic E-state index is 6.51. The predicted molar refractivity (Wildman–Crippen MR) is 76.9 cm³/mol. The van der Waals surface area contributed by atoms with Crippen LogP contribution >= 0.6 is 0 Å². The van der Waals surface area contributed by atoms with Gasteiger partial charge in [-0.3, -0.25) is 4.98 Å². The van der Waals surface area contributed by atoms with Gasteiger partial charge in [-0.25, -0.2) is 0 Å². The number of nitrogens with zero attached hydrogens (tertiary/aromatic N) is 1. The van der Waals surface area contributed by atoms with E-state index in [0.717, 1.165) is 30.4 Å². The Morgan fingerprint density at radius 3 is 2.89 bits per heavy atom. The van der Waals surface area contributed by atoms with Crippen molar-refractivity contribution >= 4 is 10.8 Å². The van der Waals surface area contributed by atoms with Gasteiger partial charge >= 0.3 is 0 Å². The molecule has 0 spiro atoms. The lowest BCUT2D eigenvalue weighted by atomic mass is 9.84. The highest BCUT2D eigenvalue weighted by atomic mass is 16.5. The van der Waals surface area contributed by atoms with E-state index >= 15 is 0 Å². The number of fused-ring (bicyclic) bond motifs is 1. The SMILES string of the molecule is CC1(C(N)c2cncc3ccccc23)CCCCO1. The fourth-order valence-corrected chi connectivity index (χ4v) is 2.92. The monoisotopic (exact) mass is 256 g/mol. The highest BCUT2D eigenvalue weighted by Gasteiger charge is 2.36. The lowest BCUT2D eigenvalue weighted by Gasteiger charge is -2.39. The van der Waals surface area contributed by atoms with Gasteiger partial charge in [-0.05, 0) is 37.1 Å². The van der Waals surface area contributed by atoms with Crippen molar-refractivity contribution in [1.29, 1.82) is 0 Å². The molecule has 1 saturated heterocycles. The molecule has 3 nitrogen and oxygen atoms in total. The summed E-state index contributed by atoms with van der Waals surface area (Å²) in [6, 6.07) is 8.12. The van der Waals surface area contributed by atoms with Crippen LogP contribution in [0.5, 0.6) is 0 Å². The summed E-state index contributed by atoms with van der Waals surface area (Å²) in [5.41, 5.74) is 7.32. The van der Waals surface area contributed by atoms with Crippen LogP contribution in [-0.2, 0) is 4.74 Å². The van der Waals surface area contributed by atoms with E-state index in [9.17, 15) is 0 Å². The Labute approximate surface area is 113 Å². The van der Waals surface area contributed by atoms with E-state index in [1.54, 1.807) is 0 Å². The third-order valence-corrected chi connectivity index (χ3v) is 4.19. The molecule has 0 radical (unpaired) electrons. The highest BCUT2D eigenvalue weighted by Crippen LogP contribution is 2.37. The van der Waals surface area contributed by atoms with Gasteiger partial charge < -0.3 is 10.5 Å². The smallest absolute Gasteiger partial charge is 0.0847 e. The largest absolute Gasteiger partial charge is 0.373 e. The Hall–Kier alpha value is -1.45. The molecule has 1 aliphatic heterocycles. The van der Waals surface area contributed by atoms with Gasteiger partial charge in [0.05, 0.1) is 11.6 Å². The lowest BCUT2D eigenvalue weighted by Crippen LogP contribution is -2.43. The van der Waals surface area contributed by atoms with Crippen LogP contribution in [0.25, 0.3) is 10.8 Å². The van der Waals surface area contributed by atoms with Crippen molar-refractivity contribution in [3.63, 3.8) is 0 Å². The van der Waals surface area contributed by atoms with E-state index in [-0.39, 0.29) is 11.6 Å². The summed E-state index contributed by atoms with van der Waals surface area (Å²) in [7, 11) is 0. The van der Waals surface area contributed by atoms with Crippen LogP contribution in [0.3, 0.4) is 0 Å². The minimum atomic E-state index is -0.274. The average molecular weight is 256 g/mol. The standard InChI is InChI=1S/C16H20N2O/c1-16(8-4-5-9-19-16)15(17)14-11-18-10-12-6-2-3-7-13(12)14/h2-3,6-7,10-11,15H,4-5,8-9,17H2,1H3. The fraction of sp³-hybridized carbons (Fsp3) is 0.438. The predicted octanol–water partition coefficient (Wildman–Crippen LogP) is 3.19. The quantitative estimate of drug-likeness (QED) is 0.897. The van der Waals surface area contributed by atoms with Crippen molar-refractivity contribution < 1.29 is 4.74 Å². The summed E-state index contributed by atoms with van der Waals surface area (Å²) in [4.78, 5) is 4.32. The molecule has 1 fully saturated rings. The third-order valence-electron chi connectivity index (χ3n) is 4.19. The lowest BCUT2D eigenvalue weighted by molar-refractivity contribution is -0.0818. The van der Waals surface area contributed by atoms with Crippen LogP contribution in [0.15, 0.2) is 36.7 Å². The maximum absolute atomic E-state index is 6.51. The number of hydrogen-bond acceptors (Lipinski definition) is 3. The molecule has 1 aromatic heterocycles. The van der Waals surface area contributed by atoms with Gasteiger partial charge in [0.1, 0.15) is 0 Å². The first-order valence-corrected chi connectivity index (χ1v) is 6.93. The summed E-state index contributed by atoms with van der Waals surface area (Å²) in [6.07, 6.45) is 7.10. The number of ether oxygens (including phenoxy) is 1. The van der Waals surface area contributed by atoms with Crippen molar-refractivity contribution in [2.24, 2.45) is 5.73 Å².